The third-order valence-electron chi connectivity index (χ3n) is 3.14. The van der Waals surface area contributed by atoms with Crippen LogP contribution >= 0.6 is 0 Å². The summed E-state index contributed by atoms with van der Waals surface area (Å²) in [5, 5.41) is 13.1. The zero-order valence-corrected chi connectivity index (χ0v) is 9.52. The smallest absolute Gasteiger partial charge is 0.295 e. The Balaban J connectivity index is 1.87. The number of nitrogens with one attached hydrogen (secondary N) is 1. The number of amides is 1. The van der Waals surface area contributed by atoms with E-state index in [0.29, 0.717) is 5.92 Å². The second-order valence-electron chi connectivity index (χ2n) is 4.43. The van der Waals surface area contributed by atoms with Crippen molar-refractivity contribution >= 4 is 5.91 Å². The minimum absolute atomic E-state index is 0.151. The van der Waals surface area contributed by atoms with Crippen molar-refractivity contribution in [3.8, 4) is 0 Å². The van der Waals surface area contributed by atoms with Gasteiger partial charge in [-0.2, -0.15) is 5.21 Å². The first-order valence-electron chi connectivity index (χ1n) is 5.76. The van der Waals surface area contributed by atoms with Crippen LogP contribution in [0.1, 0.15) is 42.7 Å². The molecule has 6 heteroatoms. The first kappa shape index (κ1) is 11.0. The van der Waals surface area contributed by atoms with Gasteiger partial charge in [0.25, 0.3) is 11.7 Å². The average molecular weight is 223 g/mol. The monoisotopic (exact) mass is 223 g/mol. The van der Waals surface area contributed by atoms with Gasteiger partial charge in [0, 0.05) is 13.6 Å². The number of aromatic nitrogens is 4. The summed E-state index contributed by atoms with van der Waals surface area (Å²) in [6.07, 6.45) is 6.36. The lowest BCUT2D eigenvalue weighted by molar-refractivity contribution is 0.0748. The van der Waals surface area contributed by atoms with E-state index in [9.17, 15) is 4.79 Å². The van der Waals surface area contributed by atoms with Crippen molar-refractivity contribution in [2.75, 3.05) is 13.6 Å². The second-order valence-corrected chi connectivity index (χ2v) is 4.43. The number of hydrogen-bond donors (Lipinski definition) is 1. The molecule has 0 spiro atoms. The van der Waals surface area contributed by atoms with E-state index >= 15 is 0 Å². The summed E-state index contributed by atoms with van der Waals surface area (Å²) in [6, 6.07) is 0. The van der Waals surface area contributed by atoms with Gasteiger partial charge in [-0.3, -0.25) is 4.79 Å². The number of hydrogen-bond acceptors (Lipinski definition) is 4. The van der Waals surface area contributed by atoms with Crippen molar-refractivity contribution in [1.29, 1.82) is 0 Å². The van der Waals surface area contributed by atoms with E-state index in [1.165, 1.54) is 32.1 Å². The Morgan fingerprint density at radius 2 is 2.19 bits per heavy atom. The van der Waals surface area contributed by atoms with Gasteiger partial charge in [0.05, 0.1) is 0 Å². The third kappa shape index (κ3) is 2.56. The summed E-state index contributed by atoms with van der Waals surface area (Å²) in [6.45, 7) is 0.799. The predicted molar refractivity (Wildman–Crippen MR) is 57.7 cm³/mol. The number of carbonyl (C=O) groups excluding carboxylic acids is 1. The maximum atomic E-state index is 11.8. The molecule has 16 heavy (non-hydrogen) atoms. The molecule has 1 aliphatic carbocycles. The summed E-state index contributed by atoms with van der Waals surface area (Å²) < 4.78 is 0. The molecule has 1 N–H and O–H groups in total. The molecule has 2 rings (SSSR count). The van der Waals surface area contributed by atoms with Crippen LogP contribution in [-0.4, -0.2) is 45.0 Å². The van der Waals surface area contributed by atoms with Gasteiger partial charge in [-0.25, -0.2) is 0 Å². The van der Waals surface area contributed by atoms with Crippen molar-refractivity contribution in [1.82, 2.24) is 25.5 Å². The molecule has 6 nitrogen and oxygen atoms in total. The van der Waals surface area contributed by atoms with E-state index < -0.39 is 0 Å². The fourth-order valence-corrected chi connectivity index (χ4v) is 2.26. The molecule has 1 saturated carbocycles. The zero-order valence-electron chi connectivity index (χ0n) is 9.52. The van der Waals surface area contributed by atoms with Crippen LogP contribution in [0.25, 0.3) is 0 Å². The molecular weight excluding hydrogens is 206 g/mol. The Morgan fingerprint density at radius 1 is 1.44 bits per heavy atom. The number of nitrogens with zero attached hydrogens (tertiary/aromatic N) is 4. The second kappa shape index (κ2) is 5.05. The van der Waals surface area contributed by atoms with Crippen LogP contribution in [0.5, 0.6) is 0 Å². The van der Waals surface area contributed by atoms with E-state index in [0.717, 1.165) is 6.54 Å². The third-order valence-corrected chi connectivity index (χ3v) is 3.14. The summed E-state index contributed by atoms with van der Waals surface area (Å²) in [7, 11) is 1.80. The van der Waals surface area contributed by atoms with Gasteiger partial charge >= 0.3 is 0 Å². The Kier molecular flexibility index (Phi) is 3.48. The van der Waals surface area contributed by atoms with E-state index in [2.05, 4.69) is 20.6 Å². The van der Waals surface area contributed by atoms with Crippen LogP contribution in [0.3, 0.4) is 0 Å². The molecule has 1 aliphatic rings. The quantitative estimate of drug-likeness (QED) is 0.824. The molecular formula is C10H17N5O. The fraction of sp³-hybridized carbons (Fsp3) is 0.800. The predicted octanol–water partition coefficient (Wildman–Crippen LogP) is 0.852. The van der Waals surface area contributed by atoms with E-state index in [4.69, 9.17) is 0 Å². The molecule has 0 radical (unpaired) electrons. The molecule has 1 aromatic heterocycles. The van der Waals surface area contributed by atoms with Crippen molar-refractivity contribution in [3.63, 3.8) is 0 Å². The Labute approximate surface area is 94.4 Å². The van der Waals surface area contributed by atoms with Crippen molar-refractivity contribution in [2.45, 2.75) is 32.1 Å². The first-order valence-corrected chi connectivity index (χ1v) is 5.76. The highest BCUT2D eigenvalue weighted by atomic mass is 16.2. The number of rotatable bonds is 3. The molecule has 0 saturated heterocycles. The molecule has 0 aliphatic heterocycles. The van der Waals surface area contributed by atoms with Crippen molar-refractivity contribution in [3.05, 3.63) is 5.82 Å². The number of carbonyl (C=O) groups is 1. The van der Waals surface area contributed by atoms with Gasteiger partial charge in [-0.15, -0.1) is 10.2 Å². The largest absolute Gasteiger partial charge is 0.339 e. The van der Waals surface area contributed by atoms with Gasteiger partial charge in [-0.05, 0) is 24.0 Å². The minimum Gasteiger partial charge on any atom is -0.339 e. The number of H-pyrrole nitrogens is 1. The molecule has 0 aromatic carbocycles. The molecule has 1 aromatic rings. The summed E-state index contributed by atoms with van der Waals surface area (Å²) in [5.41, 5.74) is 0. The molecule has 0 atom stereocenters. The Bertz CT molecular complexity index is 331. The van der Waals surface area contributed by atoms with Crippen LogP contribution < -0.4 is 0 Å². The highest BCUT2D eigenvalue weighted by Gasteiger charge is 2.21. The Hall–Kier alpha value is -1.46. The van der Waals surface area contributed by atoms with Crippen LogP contribution in [0.4, 0.5) is 0 Å². The van der Waals surface area contributed by atoms with Crippen LogP contribution in [0, 0.1) is 5.92 Å². The normalized spacial score (nSPS) is 17.3. The SMILES string of the molecule is CN(CC1CCCCC1)C(=O)c1nn[nH]n1. The summed E-state index contributed by atoms with van der Waals surface area (Å²) in [5.74, 6) is 0.632. The average Bonchev–Trinajstić information content (AvgIpc) is 2.83. The molecule has 1 heterocycles. The van der Waals surface area contributed by atoms with Crippen LogP contribution in [0.2, 0.25) is 0 Å². The molecule has 0 unspecified atom stereocenters. The van der Waals surface area contributed by atoms with Crippen molar-refractivity contribution in [2.24, 2.45) is 5.92 Å². The van der Waals surface area contributed by atoms with E-state index in [-0.39, 0.29) is 11.7 Å². The Morgan fingerprint density at radius 3 is 2.81 bits per heavy atom. The zero-order chi connectivity index (χ0) is 11.4. The topological polar surface area (TPSA) is 74.8 Å². The molecule has 1 amide bonds. The standard InChI is InChI=1S/C10H17N5O/c1-15(7-8-5-3-2-4-6-8)10(16)9-11-13-14-12-9/h8H,2-7H2,1H3,(H,11,12,13,14). The molecule has 1 fully saturated rings. The van der Waals surface area contributed by atoms with Gasteiger partial charge in [-0.1, -0.05) is 19.3 Å². The van der Waals surface area contributed by atoms with Crippen LogP contribution in [0.15, 0.2) is 0 Å². The van der Waals surface area contributed by atoms with Gasteiger partial charge in [0.15, 0.2) is 0 Å². The molecule has 88 valence electrons. The minimum atomic E-state index is -0.153. The summed E-state index contributed by atoms with van der Waals surface area (Å²) >= 11 is 0. The maximum Gasteiger partial charge on any atom is 0.295 e. The van der Waals surface area contributed by atoms with Crippen LogP contribution in [-0.2, 0) is 0 Å². The van der Waals surface area contributed by atoms with E-state index in [1.807, 2.05) is 0 Å². The lowest BCUT2D eigenvalue weighted by Crippen LogP contribution is -2.33. The maximum absolute atomic E-state index is 11.8. The molecule has 0 bridgehead atoms. The van der Waals surface area contributed by atoms with Gasteiger partial charge in [0.1, 0.15) is 0 Å². The van der Waals surface area contributed by atoms with Gasteiger partial charge < -0.3 is 4.90 Å². The van der Waals surface area contributed by atoms with Gasteiger partial charge in [0.2, 0.25) is 0 Å². The number of aromatic amines is 1. The highest BCUT2D eigenvalue weighted by molar-refractivity contribution is 5.89. The first-order chi connectivity index (χ1) is 7.77. The van der Waals surface area contributed by atoms with E-state index in [1.54, 1.807) is 11.9 Å². The summed E-state index contributed by atoms with van der Waals surface area (Å²) in [4.78, 5) is 13.5. The van der Waals surface area contributed by atoms with Crippen molar-refractivity contribution < 1.29 is 4.79 Å². The fourth-order valence-electron chi connectivity index (χ4n) is 2.26. The highest BCUT2D eigenvalue weighted by Crippen LogP contribution is 2.24. The number of tetrazole rings is 1. The lowest BCUT2D eigenvalue weighted by Gasteiger charge is -2.26. The lowest BCUT2D eigenvalue weighted by atomic mass is 9.89.